The van der Waals surface area contributed by atoms with Gasteiger partial charge in [-0.2, -0.15) is 0 Å². The fourth-order valence-electron chi connectivity index (χ4n) is 3.07. The first kappa shape index (κ1) is 20.5. The molecule has 7 nitrogen and oxygen atoms in total. The quantitative estimate of drug-likeness (QED) is 0.743. The fraction of sp³-hybridized carbons (Fsp3) is 0.450. The van der Waals surface area contributed by atoms with Gasteiger partial charge in [-0.05, 0) is 44.2 Å². The molecule has 0 saturated carbocycles. The highest BCUT2D eigenvalue weighted by Gasteiger charge is 2.26. The number of anilines is 1. The van der Waals surface area contributed by atoms with Crippen LogP contribution >= 0.6 is 0 Å². The summed E-state index contributed by atoms with van der Waals surface area (Å²) in [6.45, 7) is 10.9. The van der Waals surface area contributed by atoms with Crippen molar-refractivity contribution in [3.8, 4) is 0 Å². The monoisotopic (exact) mass is 372 g/mol. The molecule has 0 spiro atoms. The van der Waals surface area contributed by atoms with E-state index in [2.05, 4.69) is 6.58 Å². The van der Waals surface area contributed by atoms with Crippen molar-refractivity contribution in [2.24, 2.45) is 0 Å². The molecular formula is C20H28N4O3. The Hall–Kier alpha value is -2.83. The van der Waals surface area contributed by atoms with Crippen LogP contribution in [0.25, 0.3) is 0 Å². The van der Waals surface area contributed by atoms with Crippen LogP contribution in [0.2, 0.25) is 0 Å². The van der Waals surface area contributed by atoms with Crippen molar-refractivity contribution in [1.29, 1.82) is 0 Å². The number of nitrogens with zero attached hydrogens (tertiary/aromatic N) is 4. The van der Waals surface area contributed by atoms with Crippen molar-refractivity contribution in [2.75, 3.05) is 51.2 Å². The molecule has 1 aromatic rings. The van der Waals surface area contributed by atoms with Gasteiger partial charge >= 0.3 is 6.03 Å². The van der Waals surface area contributed by atoms with Gasteiger partial charge in [-0.3, -0.25) is 9.59 Å². The summed E-state index contributed by atoms with van der Waals surface area (Å²) < 4.78 is 0. The molecule has 1 aliphatic rings. The van der Waals surface area contributed by atoms with Gasteiger partial charge in [0.15, 0.2) is 0 Å². The van der Waals surface area contributed by atoms with E-state index in [4.69, 9.17) is 0 Å². The third kappa shape index (κ3) is 4.67. The fourth-order valence-corrected chi connectivity index (χ4v) is 3.07. The number of carbonyl (C=O) groups is 3. The molecule has 7 heteroatoms. The predicted octanol–water partition coefficient (Wildman–Crippen LogP) is 2.05. The average molecular weight is 372 g/mol. The average Bonchev–Trinajstić information content (AvgIpc) is 2.73. The highest BCUT2D eigenvalue weighted by molar-refractivity contribution is 6.01. The summed E-state index contributed by atoms with van der Waals surface area (Å²) in [7, 11) is 1.66. The van der Waals surface area contributed by atoms with Gasteiger partial charge in [0, 0.05) is 57.6 Å². The zero-order chi connectivity index (χ0) is 20.0. The Balaban J connectivity index is 1.96. The minimum absolute atomic E-state index is 0.0337. The Bertz CT molecular complexity index is 690. The van der Waals surface area contributed by atoms with E-state index in [0.29, 0.717) is 50.5 Å². The van der Waals surface area contributed by atoms with E-state index in [-0.39, 0.29) is 17.8 Å². The molecule has 146 valence electrons. The third-order valence-electron chi connectivity index (χ3n) is 4.88. The normalized spacial score (nSPS) is 13.9. The van der Waals surface area contributed by atoms with Gasteiger partial charge < -0.3 is 19.6 Å². The molecule has 0 radical (unpaired) electrons. The van der Waals surface area contributed by atoms with Crippen LogP contribution in [0.1, 0.15) is 24.2 Å². The molecule has 1 saturated heterocycles. The molecular weight excluding hydrogens is 344 g/mol. The van der Waals surface area contributed by atoms with Crippen LogP contribution in [0.3, 0.4) is 0 Å². The Morgan fingerprint density at radius 1 is 1.00 bits per heavy atom. The largest absolute Gasteiger partial charge is 0.335 e. The van der Waals surface area contributed by atoms with Crippen molar-refractivity contribution in [1.82, 2.24) is 14.7 Å². The van der Waals surface area contributed by atoms with Gasteiger partial charge in [0.25, 0.3) is 5.91 Å². The number of amides is 4. The highest BCUT2D eigenvalue weighted by Crippen LogP contribution is 2.16. The highest BCUT2D eigenvalue weighted by atomic mass is 16.2. The summed E-state index contributed by atoms with van der Waals surface area (Å²) in [6, 6.07) is 6.96. The van der Waals surface area contributed by atoms with Crippen molar-refractivity contribution in [2.45, 2.75) is 13.8 Å². The minimum atomic E-state index is -0.205. The Morgan fingerprint density at radius 2 is 1.52 bits per heavy atom. The molecule has 1 fully saturated rings. The zero-order valence-corrected chi connectivity index (χ0v) is 16.4. The SMILES string of the molecule is C=CC(=O)N(C)c1ccc(C(=O)N2CCN(C(=O)N(CC)CC)CC2)cc1. The van der Waals surface area contributed by atoms with E-state index in [1.807, 2.05) is 13.8 Å². The summed E-state index contributed by atoms with van der Waals surface area (Å²) in [5.74, 6) is -0.266. The Morgan fingerprint density at radius 3 is 2.00 bits per heavy atom. The van der Waals surface area contributed by atoms with E-state index in [1.54, 1.807) is 46.0 Å². The molecule has 1 heterocycles. The van der Waals surface area contributed by atoms with Crippen molar-refractivity contribution < 1.29 is 14.4 Å². The first-order valence-electron chi connectivity index (χ1n) is 9.26. The predicted molar refractivity (Wildman–Crippen MR) is 106 cm³/mol. The van der Waals surface area contributed by atoms with Gasteiger partial charge in [0.2, 0.25) is 5.91 Å². The van der Waals surface area contributed by atoms with Crippen LogP contribution in [-0.2, 0) is 4.79 Å². The summed E-state index contributed by atoms with van der Waals surface area (Å²) in [6.07, 6.45) is 1.25. The van der Waals surface area contributed by atoms with E-state index < -0.39 is 0 Å². The molecule has 0 N–H and O–H groups in total. The molecule has 0 bridgehead atoms. The van der Waals surface area contributed by atoms with E-state index in [0.717, 1.165) is 0 Å². The van der Waals surface area contributed by atoms with E-state index >= 15 is 0 Å². The van der Waals surface area contributed by atoms with Crippen molar-refractivity contribution in [3.05, 3.63) is 42.5 Å². The van der Waals surface area contributed by atoms with Gasteiger partial charge in [-0.15, -0.1) is 0 Å². The molecule has 4 amide bonds. The number of hydrogen-bond donors (Lipinski definition) is 0. The van der Waals surface area contributed by atoms with E-state index in [9.17, 15) is 14.4 Å². The second-order valence-electron chi connectivity index (χ2n) is 6.38. The Kier molecular flexibility index (Phi) is 6.98. The minimum Gasteiger partial charge on any atom is -0.335 e. The number of rotatable bonds is 5. The van der Waals surface area contributed by atoms with Gasteiger partial charge in [0.05, 0.1) is 0 Å². The van der Waals surface area contributed by atoms with Gasteiger partial charge in [-0.1, -0.05) is 6.58 Å². The molecule has 1 aromatic carbocycles. The standard InChI is InChI=1S/C20H28N4O3/c1-5-18(25)21(4)17-10-8-16(9-11-17)19(26)23-12-14-24(15-13-23)20(27)22(6-2)7-3/h5,8-11H,1,6-7,12-15H2,2-4H3. The van der Waals surface area contributed by atoms with Crippen molar-refractivity contribution >= 4 is 23.5 Å². The van der Waals surface area contributed by atoms with Crippen LogP contribution in [0.4, 0.5) is 10.5 Å². The molecule has 0 unspecified atom stereocenters. The molecule has 0 aliphatic carbocycles. The summed E-state index contributed by atoms with van der Waals surface area (Å²) in [5.41, 5.74) is 1.27. The molecule has 0 aromatic heterocycles. The van der Waals surface area contributed by atoms with Crippen LogP contribution < -0.4 is 4.90 Å². The lowest BCUT2D eigenvalue weighted by Gasteiger charge is -2.37. The molecule has 27 heavy (non-hydrogen) atoms. The number of carbonyl (C=O) groups excluding carboxylic acids is 3. The Labute approximate surface area is 160 Å². The van der Waals surface area contributed by atoms with Crippen molar-refractivity contribution in [3.63, 3.8) is 0 Å². The molecule has 0 atom stereocenters. The van der Waals surface area contributed by atoms with E-state index in [1.165, 1.54) is 11.0 Å². The maximum atomic E-state index is 12.7. The molecule has 2 rings (SSSR count). The number of urea groups is 1. The maximum absolute atomic E-state index is 12.7. The maximum Gasteiger partial charge on any atom is 0.320 e. The topological polar surface area (TPSA) is 64.2 Å². The lowest BCUT2D eigenvalue weighted by Crippen LogP contribution is -2.54. The second kappa shape index (κ2) is 9.21. The summed E-state index contributed by atoms with van der Waals surface area (Å²) >= 11 is 0. The van der Waals surface area contributed by atoms with Crippen LogP contribution in [0.5, 0.6) is 0 Å². The zero-order valence-electron chi connectivity index (χ0n) is 16.4. The van der Waals surface area contributed by atoms with Gasteiger partial charge in [-0.25, -0.2) is 4.79 Å². The lowest BCUT2D eigenvalue weighted by atomic mass is 10.1. The molecule has 1 aliphatic heterocycles. The summed E-state index contributed by atoms with van der Waals surface area (Å²) in [5, 5.41) is 0. The lowest BCUT2D eigenvalue weighted by molar-refractivity contribution is -0.113. The number of hydrogen-bond acceptors (Lipinski definition) is 3. The number of likely N-dealkylation sites (N-methyl/N-ethyl adjacent to an activating group) is 1. The van der Waals surface area contributed by atoms with Crippen LogP contribution in [0, 0.1) is 0 Å². The third-order valence-corrected chi connectivity index (χ3v) is 4.88. The smallest absolute Gasteiger partial charge is 0.320 e. The number of benzene rings is 1. The number of piperazine rings is 1. The summed E-state index contributed by atoms with van der Waals surface area (Å²) in [4.78, 5) is 43.6. The van der Waals surface area contributed by atoms with Crippen LogP contribution in [-0.4, -0.2) is 78.9 Å². The van der Waals surface area contributed by atoms with Gasteiger partial charge in [0.1, 0.15) is 0 Å². The first-order valence-corrected chi connectivity index (χ1v) is 9.26. The second-order valence-corrected chi connectivity index (χ2v) is 6.38. The first-order chi connectivity index (χ1) is 12.9. The van der Waals surface area contributed by atoms with Crippen LogP contribution in [0.15, 0.2) is 36.9 Å².